The predicted octanol–water partition coefficient (Wildman–Crippen LogP) is 3.82. The van der Waals surface area contributed by atoms with Crippen molar-refractivity contribution >= 4 is 28.8 Å². The van der Waals surface area contributed by atoms with E-state index in [9.17, 15) is 4.79 Å². The van der Waals surface area contributed by atoms with E-state index in [0.717, 1.165) is 40.9 Å². The fourth-order valence-corrected chi connectivity index (χ4v) is 4.06. The zero-order valence-corrected chi connectivity index (χ0v) is 16.3. The van der Waals surface area contributed by atoms with Gasteiger partial charge in [0.15, 0.2) is 0 Å². The Morgan fingerprint density at radius 3 is 2.56 bits per heavy atom. The first-order valence-corrected chi connectivity index (χ1v) is 10.1. The number of halogens is 1. The van der Waals surface area contributed by atoms with E-state index in [-0.39, 0.29) is 5.91 Å². The minimum absolute atomic E-state index is 0.00882. The molecular formula is C20H19ClN4OS. The maximum Gasteiger partial charge on any atom is 0.272 e. The summed E-state index contributed by atoms with van der Waals surface area (Å²) in [5.74, 6) is 0.00882. The van der Waals surface area contributed by atoms with Crippen LogP contribution in [0.3, 0.4) is 0 Å². The topological polar surface area (TPSA) is 49.3 Å². The van der Waals surface area contributed by atoms with Gasteiger partial charge in [-0.3, -0.25) is 14.7 Å². The van der Waals surface area contributed by atoms with Crippen LogP contribution in [0.25, 0.3) is 11.3 Å². The van der Waals surface area contributed by atoms with E-state index in [2.05, 4.69) is 15.3 Å². The molecule has 3 aromatic rings. The lowest BCUT2D eigenvalue weighted by atomic mass is 10.2. The summed E-state index contributed by atoms with van der Waals surface area (Å²) < 4.78 is 0. The lowest BCUT2D eigenvalue weighted by molar-refractivity contribution is 0.0622. The standard InChI is InChI=1S/C20H19ClN4OS/c21-16-6-4-15(5-7-16)18-14-27-19(23-18)13-24-9-11-25(12-10-24)20(26)17-3-1-2-8-22-17/h1-8,14H,9-13H2. The highest BCUT2D eigenvalue weighted by Crippen LogP contribution is 2.24. The van der Waals surface area contributed by atoms with E-state index < -0.39 is 0 Å². The Hall–Kier alpha value is -2.28. The number of hydrogen-bond acceptors (Lipinski definition) is 5. The van der Waals surface area contributed by atoms with Gasteiger partial charge in [-0.25, -0.2) is 4.98 Å². The van der Waals surface area contributed by atoms with Crippen molar-refractivity contribution in [3.8, 4) is 11.3 Å². The van der Waals surface area contributed by atoms with Crippen LogP contribution in [0.4, 0.5) is 0 Å². The van der Waals surface area contributed by atoms with Crippen LogP contribution in [-0.2, 0) is 6.54 Å². The number of benzene rings is 1. The number of rotatable bonds is 4. The molecule has 0 N–H and O–H groups in total. The third-order valence-corrected chi connectivity index (χ3v) is 5.68. The number of carbonyl (C=O) groups excluding carboxylic acids is 1. The summed E-state index contributed by atoms with van der Waals surface area (Å²) in [6.07, 6.45) is 1.66. The predicted molar refractivity (Wildman–Crippen MR) is 108 cm³/mol. The number of amides is 1. The molecule has 1 fully saturated rings. The van der Waals surface area contributed by atoms with Crippen LogP contribution in [0.5, 0.6) is 0 Å². The van der Waals surface area contributed by atoms with Gasteiger partial charge in [-0.15, -0.1) is 11.3 Å². The molecule has 0 bridgehead atoms. The van der Waals surface area contributed by atoms with E-state index in [1.165, 1.54) is 0 Å². The summed E-state index contributed by atoms with van der Waals surface area (Å²) in [5.41, 5.74) is 2.57. The molecule has 0 saturated carbocycles. The first-order valence-electron chi connectivity index (χ1n) is 8.82. The average Bonchev–Trinajstić information content (AvgIpc) is 3.18. The van der Waals surface area contributed by atoms with Crippen molar-refractivity contribution in [3.63, 3.8) is 0 Å². The van der Waals surface area contributed by atoms with Crippen LogP contribution in [0.2, 0.25) is 5.02 Å². The van der Waals surface area contributed by atoms with Crippen LogP contribution < -0.4 is 0 Å². The Kier molecular flexibility index (Phi) is 5.48. The SMILES string of the molecule is O=C(c1ccccn1)N1CCN(Cc2nc(-c3ccc(Cl)cc3)cs2)CC1. The van der Waals surface area contributed by atoms with Crippen molar-refractivity contribution in [2.24, 2.45) is 0 Å². The van der Waals surface area contributed by atoms with Crippen LogP contribution >= 0.6 is 22.9 Å². The molecule has 1 aliphatic heterocycles. The van der Waals surface area contributed by atoms with Gasteiger partial charge in [-0.2, -0.15) is 0 Å². The van der Waals surface area contributed by atoms with Crippen molar-refractivity contribution in [1.29, 1.82) is 0 Å². The van der Waals surface area contributed by atoms with E-state index in [0.29, 0.717) is 18.8 Å². The number of carbonyl (C=O) groups is 1. The first kappa shape index (κ1) is 18.1. The Bertz CT molecular complexity index is 905. The number of pyridine rings is 1. The fourth-order valence-electron chi connectivity index (χ4n) is 3.09. The van der Waals surface area contributed by atoms with E-state index in [1.54, 1.807) is 23.6 Å². The minimum atomic E-state index is 0.00882. The zero-order chi connectivity index (χ0) is 18.6. The lowest BCUT2D eigenvalue weighted by Gasteiger charge is -2.34. The van der Waals surface area contributed by atoms with Crippen LogP contribution in [0, 0.1) is 0 Å². The molecule has 0 aliphatic carbocycles. The van der Waals surface area contributed by atoms with Crippen molar-refractivity contribution < 1.29 is 4.79 Å². The smallest absolute Gasteiger partial charge is 0.272 e. The van der Waals surface area contributed by atoms with Crippen LogP contribution in [0.1, 0.15) is 15.5 Å². The number of hydrogen-bond donors (Lipinski definition) is 0. The molecule has 0 atom stereocenters. The molecule has 1 amide bonds. The van der Waals surface area contributed by atoms with Gasteiger partial charge in [0.25, 0.3) is 5.91 Å². The molecule has 1 aromatic carbocycles. The molecule has 0 radical (unpaired) electrons. The summed E-state index contributed by atoms with van der Waals surface area (Å²) in [7, 11) is 0. The normalized spacial score (nSPS) is 15.1. The second kappa shape index (κ2) is 8.17. The molecule has 3 heterocycles. The third-order valence-electron chi connectivity index (χ3n) is 4.59. The molecule has 1 saturated heterocycles. The Balaban J connectivity index is 1.33. The average molecular weight is 399 g/mol. The quantitative estimate of drug-likeness (QED) is 0.670. The maximum absolute atomic E-state index is 12.5. The molecule has 1 aliphatic rings. The van der Waals surface area contributed by atoms with Crippen molar-refractivity contribution in [2.45, 2.75) is 6.54 Å². The molecule has 0 unspecified atom stereocenters. The molecule has 2 aromatic heterocycles. The van der Waals surface area contributed by atoms with Crippen LogP contribution in [-0.4, -0.2) is 51.9 Å². The second-order valence-electron chi connectivity index (χ2n) is 6.42. The maximum atomic E-state index is 12.5. The summed E-state index contributed by atoms with van der Waals surface area (Å²) in [4.78, 5) is 25.6. The fraction of sp³-hybridized carbons (Fsp3) is 0.250. The van der Waals surface area contributed by atoms with Gasteiger partial charge in [0.05, 0.1) is 12.2 Å². The van der Waals surface area contributed by atoms with Gasteiger partial charge in [-0.05, 0) is 24.3 Å². The van der Waals surface area contributed by atoms with Crippen molar-refractivity contribution in [2.75, 3.05) is 26.2 Å². The van der Waals surface area contributed by atoms with Gasteiger partial charge in [-0.1, -0.05) is 29.8 Å². The van der Waals surface area contributed by atoms with E-state index in [1.807, 2.05) is 41.3 Å². The Labute approximate surface area is 167 Å². The summed E-state index contributed by atoms with van der Waals surface area (Å²) in [5, 5.41) is 3.90. The highest BCUT2D eigenvalue weighted by molar-refractivity contribution is 7.09. The van der Waals surface area contributed by atoms with Gasteiger partial charge < -0.3 is 4.90 Å². The van der Waals surface area contributed by atoms with Gasteiger partial charge in [0.2, 0.25) is 0 Å². The monoisotopic (exact) mass is 398 g/mol. The number of aromatic nitrogens is 2. The Morgan fingerprint density at radius 2 is 1.85 bits per heavy atom. The largest absolute Gasteiger partial charge is 0.335 e. The molecule has 5 nitrogen and oxygen atoms in total. The van der Waals surface area contributed by atoms with Crippen molar-refractivity contribution in [3.05, 3.63) is 69.8 Å². The van der Waals surface area contributed by atoms with Gasteiger partial charge in [0, 0.05) is 48.3 Å². The summed E-state index contributed by atoms with van der Waals surface area (Å²) in [6, 6.07) is 13.2. The number of piperazine rings is 1. The lowest BCUT2D eigenvalue weighted by Crippen LogP contribution is -2.48. The molecule has 0 spiro atoms. The number of nitrogens with zero attached hydrogens (tertiary/aromatic N) is 4. The highest BCUT2D eigenvalue weighted by Gasteiger charge is 2.23. The number of thiazole rings is 1. The second-order valence-corrected chi connectivity index (χ2v) is 7.80. The minimum Gasteiger partial charge on any atom is -0.335 e. The Morgan fingerprint density at radius 1 is 1.07 bits per heavy atom. The molecule has 138 valence electrons. The van der Waals surface area contributed by atoms with Gasteiger partial charge >= 0.3 is 0 Å². The van der Waals surface area contributed by atoms with Crippen LogP contribution in [0.15, 0.2) is 54.0 Å². The third kappa shape index (κ3) is 4.35. The molecular weight excluding hydrogens is 380 g/mol. The molecule has 27 heavy (non-hydrogen) atoms. The summed E-state index contributed by atoms with van der Waals surface area (Å²) in [6.45, 7) is 3.92. The van der Waals surface area contributed by atoms with E-state index >= 15 is 0 Å². The molecule has 4 rings (SSSR count). The summed E-state index contributed by atoms with van der Waals surface area (Å²) >= 11 is 7.62. The zero-order valence-electron chi connectivity index (χ0n) is 14.7. The molecule has 7 heteroatoms. The van der Waals surface area contributed by atoms with Gasteiger partial charge in [0.1, 0.15) is 10.7 Å². The highest BCUT2D eigenvalue weighted by atomic mass is 35.5. The first-order chi connectivity index (χ1) is 13.2. The van der Waals surface area contributed by atoms with E-state index in [4.69, 9.17) is 16.6 Å². The van der Waals surface area contributed by atoms with Crippen molar-refractivity contribution in [1.82, 2.24) is 19.8 Å².